The second kappa shape index (κ2) is 3.94. The van der Waals surface area contributed by atoms with E-state index in [0.717, 1.165) is 11.1 Å². The quantitative estimate of drug-likeness (QED) is 0.707. The second-order valence-electron chi connectivity index (χ2n) is 2.84. The van der Waals surface area contributed by atoms with Crippen LogP contribution in [0.25, 0.3) is 0 Å². The zero-order valence-corrected chi connectivity index (χ0v) is 9.23. The molecule has 1 rings (SSSR count). The van der Waals surface area contributed by atoms with Gasteiger partial charge in [0.05, 0.1) is 7.11 Å². The van der Waals surface area contributed by atoms with Gasteiger partial charge < -0.3 is 4.74 Å². The summed E-state index contributed by atoms with van der Waals surface area (Å²) in [5.41, 5.74) is 3.71. The van der Waals surface area contributed by atoms with Gasteiger partial charge in [-0.05, 0) is 25.0 Å². The van der Waals surface area contributed by atoms with Gasteiger partial charge in [-0.1, -0.05) is 28.1 Å². The van der Waals surface area contributed by atoms with E-state index >= 15 is 0 Å². The SMILES string of the molecule is COc1c(C)ccc(C)c1CBr. The summed E-state index contributed by atoms with van der Waals surface area (Å²) in [7, 11) is 1.72. The summed E-state index contributed by atoms with van der Waals surface area (Å²) in [5, 5.41) is 0.851. The first-order valence-corrected chi connectivity index (χ1v) is 5.02. The first-order chi connectivity index (χ1) is 5.70. The van der Waals surface area contributed by atoms with Gasteiger partial charge in [0.15, 0.2) is 0 Å². The van der Waals surface area contributed by atoms with Crippen molar-refractivity contribution < 1.29 is 4.74 Å². The summed E-state index contributed by atoms with van der Waals surface area (Å²) >= 11 is 3.45. The smallest absolute Gasteiger partial charge is 0.126 e. The van der Waals surface area contributed by atoms with Crippen LogP contribution < -0.4 is 4.74 Å². The van der Waals surface area contributed by atoms with Crippen LogP contribution in [0.1, 0.15) is 16.7 Å². The fourth-order valence-corrected chi connectivity index (χ4v) is 1.99. The van der Waals surface area contributed by atoms with Gasteiger partial charge in [0.2, 0.25) is 0 Å². The van der Waals surface area contributed by atoms with Crippen molar-refractivity contribution in [3.8, 4) is 5.75 Å². The normalized spacial score (nSPS) is 10.0. The van der Waals surface area contributed by atoms with Gasteiger partial charge in [0.1, 0.15) is 5.75 Å². The predicted octanol–water partition coefficient (Wildman–Crippen LogP) is 3.21. The first kappa shape index (κ1) is 9.59. The van der Waals surface area contributed by atoms with Crippen molar-refractivity contribution in [1.29, 1.82) is 0 Å². The van der Waals surface area contributed by atoms with Crippen LogP contribution in [0, 0.1) is 13.8 Å². The van der Waals surface area contributed by atoms with Crippen molar-refractivity contribution in [1.82, 2.24) is 0 Å². The Balaban J connectivity index is 3.28. The molecule has 0 aliphatic heterocycles. The molecule has 0 saturated carbocycles. The number of ether oxygens (including phenoxy) is 1. The fraction of sp³-hybridized carbons (Fsp3) is 0.400. The average Bonchev–Trinajstić information content (AvgIpc) is 2.08. The monoisotopic (exact) mass is 228 g/mol. The van der Waals surface area contributed by atoms with E-state index in [1.54, 1.807) is 7.11 Å². The van der Waals surface area contributed by atoms with Crippen molar-refractivity contribution in [2.75, 3.05) is 7.11 Å². The lowest BCUT2D eigenvalue weighted by molar-refractivity contribution is 0.408. The minimum absolute atomic E-state index is 0.851. The van der Waals surface area contributed by atoms with Crippen molar-refractivity contribution >= 4 is 15.9 Å². The molecule has 0 aliphatic carbocycles. The third-order valence-corrected chi connectivity index (χ3v) is 2.59. The van der Waals surface area contributed by atoms with E-state index in [1.165, 1.54) is 16.7 Å². The lowest BCUT2D eigenvalue weighted by Gasteiger charge is -2.11. The van der Waals surface area contributed by atoms with Crippen LogP contribution in [0.15, 0.2) is 12.1 Å². The Kier molecular flexibility index (Phi) is 3.15. The number of methoxy groups -OCH3 is 1. The lowest BCUT2D eigenvalue weighted by Crippen LogP contribution is -1.95. The van der Waals surface area contributed by atoms with Gasteiger partial charge in [0, 0.05) is 10.9 Å². The van der Waals surface area contributed by atoms with Crippen LogP contribution in [0.3, 0.4) is 0 Å². The van der Waals surface area contributed by atoms with Gasteiger partial charge in [0.25, 0.3) is 0 Å². The van der Waals surface area contributed by atoms with Crippen LogP contribution in [0.2, 0.25) is 0 Å². The molecule has 1 aromatic carbocycles. The molecule has 1 aromatic rings. The van der Waals surface area contributed by atoms with Gasteiger partial charge in [-0.25, -0.2) is 0 Å². The molecule has 0 aromatic heterocycles. The molecular weight excluding hydrogens is 216 g/mol. The molecule has 0 saturated heterocycles. The predicted molar refractivity (Wildman–Crippen MR) is 55.1 cm³/mol. The van der Waals surface area contributed by atoms with E-state index in [9.17, 15) is 0 Å². The summed E-state index contributed by atoms with van der Waals surface area (Å²) in [6.45, 7) is 4.16. The van der Waals surface area contributed by atoms with Crippen LogP contribution in [0.4, 0.5) is 0 Å². The molecule has 0 atom stereocenters. The Morgan fingerprint density at radius 2 is 1.83 bits per heavy atom. The number of hydrogen-bond acceptors (Lipinski definition) is 1. The lowest BCUT2D eigenvalue weighted by atomic mass is 10.1. The Hall–Kier alpha value is -0.500. The highest BCUT2D eigenvalue weighted by molar-refractivity contribution is 9.08. The number of halogens is 1. The molecule has 0 heterocycles. The summed E-state index contributed by atoms with van der Waals surface area (Å²) < 4.78 is 5.32. The fourth-order valence-electron chi connectivity index (χ4n) is 1.29. The van der Waals surface area contributed by atoms with E-state index in [2.05, 4.69) is 41.9 Å². The van der Waals surface area contributed by atoms with E-state index < -0.39 is 0 Å². The maximum Gasteiger partial charge on any atom is 0.126 e. The molecule has 0 aliphatic rings. The Morgan fingerprint density at radius 3 is 2.25 bits per heavy atom. The molecule has 0 radical (unpaired) electrons. The zero-order chi connectivity index (χ0) is 9.14. The van der Waals surface area contributed by atoms with Gasteiger partial charge in [-0.3, -0.25) is 0 Å². The largest absolute Gasteiger partial charge is 0.496 e. The molecule has 12 heavy (non-hydrogen) atoms. The maximum atomic E-state index is 5.32. The molecule has 0 spiro atoms. The van der Waals surface area contributed by atoms with Crippen LogP contribution in [-0.4, -0.2) is 7.11 Å². The van der Waals surface area contributed by atoms with E-state index in [1.807, 2.05) is 0 Å². The molecule has 66 valence electrons. The van der Waals surface area contributed by atoms with Gasteiger partial charge in [-0.2, -0.15) is 0 Å². The number of rotatable bonds is 2. The van der Waals surface area contributed by atoms with Crippen molar-refractivity contribution in [3.63, 3.8) is 0 Å². The second-order valence-corrected chi connectivity index (χ2v) is 3.41. The number of hydrogen-bond donors (Lipinski definition) is 0. The van der Waals surface area contributed by atoms with E-state index in [0.29, 0.717) is 0 Å². The molecule has 0 fully saturated rings. The maximum absolute atomic E-state index is 5.32. The standard InChI is InChI=1S/C10H13BrO/c1-7-4-5-8(2)10(12-3)9(7)6-11/h4-5H,6H2,1-3H3. The van der Waals surface area contributed by atoms with Crippen LogP contribution in [-0.2, 0) is 5.33 Å². The zero-order valence-electron chi connectivity index (χ0n) is 7.65. The van der Waals surface area contributed by atoms with E-state index in [-0.39, 0.29) is 0 Å². The molecule has 2 heteroatoms. The third-order valence-electron chi connectivity index (χ3n) is 2.03. The summed E-state index contributed by atoms with van der Waals surface area (Å²) in [4.78, 5) is 0. The average molecular weight is 229 g/mol. The highest BCUT2D eigenvalue weighted by Gasteiger charge is 2.06. The summed E-state index contributed by atoms with van der Waals surface area (Å²) in [6, 6.07) is 4.20. The summed E-state index contributed by atoms with van der Waals surface area (Å²) in [5.74, 6) is 1.01. The van der Waals surface area contributed by atoms with Crippen molar-refractivity contribution in [3.05, 3.63) is 28.8 Å². The highest BCUT2D eigenvalue weighted by atomic mass is 79.9. The number of aryl methyl sites for hydroxylation is 2. The van der Waals surface area contributed by atoms with Crippen LogP contribution in [0.5, 0.6) is 5.75 Å². The highest BCUT2D eigenvalue weighted by Crippen LogP contribution is 2.27. The Bertz CT molecular complexity index is 252. The number of alkyl halides is 1. The molecule has 0 unspecified atom stereocenters. The van der Waals surface area contributed by atoms with Crippen molar-refractivity contribution in [2.45, 2.75) is 19.2 Å². The summed E-state index contributed by atoms with van der Waals surface area (Å²) in [6.07, 6.45) is 0. The van der Waals surface area contributed by atoms with Crippen LogP contribution >= 0.6 is 15.9 Å². The Labute approximate surface area is 81.9 Å². The van der Waals surface area contributed by atoms with Crippen molar-refractivity contribution in [2.24, 2.45) is 0 Å². The topological polar surface area (TPSA) is 9.23 Å². The Morgan fingerprint density at radius 1 is 1.25 bits per heavy atom. The molecule has 1 nitrogen and oxygen atoms in total. The van der Waals surface area contributed by atoms with E-state index in [4.69, 9.17) is 4.74 Å². The molecule has 0 bridgehead atoms. The molecule has 0 amide bonds. The van der Waals surface area contributed by atoms with Gasteiger partial charge in [-0.15, -0.1) is 0 Å². The minimum Gasteiger partial charge on any atom is -0.496 e. The molecular formula is C10H13BrO. The molecule has 0 N–H and O–H groups in total. The third kappa shape index (κ3) is 1.63. The minimum atomic E-state index is 0.851. The van der Waals surface area contributed by atoms with Gasteiger partial charge >= 0.3 is 0 Å². The number of benzene rings is 1. The first-order valence-electron chi connectivity index (χ1n) is 3.89.